The first-order valence-corrected chi connectivity index (χ1v) is 6.85. The number of rotatable bonds is 2. The highest BCUT2D eigenvalue weighted by atomic mass is 35.5. The van der Waals surface area contributed by atoms with Crippen molar-refractivity contribution in [3.63, 3.8) is 0 Å². The van der Waals surface area contributed by atoms with Gasteiger partial charge in [0.2, 0.25) is 0 Å². The van der Waals surface area contributed by atoms with Gasteiger partial charge in [-0.25, -0.2) is 0 Å². The Bertz CT molecular complexity index is 462. The van der Waals surface area contributed by atoms with Crippen LogP contribution in [0.4, 0.5) is 5.69 Å². The molecule has 1 N–H and O–H groups in total. The number of nitrogens with one attached hydrogen (secondary N) is 1. The molecule has 1 saturated carbocycles. The number of ketones is 1. The van der Waals surface area contributed by atoms with Crippen molar-refractivity contribution in [2.45, 2.75) is 32.1 Å². The normalized spacial score (nSPS) is 18.8. The average molecular weight is 284 g/mol. The first-order chi connectivity index (χ1) is 8.65. The van der Waals surface area contributed by atoms with E-state index < -0.39 is 0 Å². The fourth-order valence-corrected chi connectivity index (χ4v) is 2.56. The lowest BCUT2D eigenvalue weighted by atomic mass is 10.1. The van der Waals surface area contributed by atoms with Gasteiger partial charge in [-0.15, -0.1) is 0 Å². The van der Waals surface area contributed by atoms with Gasteiger partial charge in [0.1, 0.15) is 0 Å². The summed E-state index contributed by atoms with van der Waals surface area (Å²) in [7, 11) is 0. The average Bonchev–Trinajstić information content (AvgIpc) is 2.50. The van der Waals surface area contributed by atoms with E-state index in [0.717, 1.165) is 36.9 Å². The van der Waals surface area contributed by atoms with Crippen molar-refractivity contribution in [3.05, 3.63) is 40.0 Å². The van der Waals surface area contributed by atoms with Crippen LogP contribution in [0.15, 0.2) is 30.0 Å². The van der Waals surface area contributed by atoms with Gasteiger partial charge in [0.15, 0.2) is 5.78 Å². The molecule has 0 radical (unpaired) electrons. The van der Waals surface area contributed by atoms with Crippen molar-refractivity contribution in [3.8, 4) is 0 Å². The van der Waals surface area contributed by atoms with Crippen LogP contribution in [0.1, 0.15) is 32.1 Å². The first-order valence-electron chi connectivity index (χ1n) is 6.10. The van der Waals surface area contributed by atoms with E-state index in [2.05, 4.69) is 5.32 Å². The lowest BCUT2D eigenvalue weighted by molar-refractivity contribution is -0.115. The summed E-state index contributed by atoms with van der Waals surface area (Å²) in [4.78, 5) is 11.8. The second-order valence-corrected chi connectivity index (χ2v) is 5.33. The maximum atomic E-state index is 11.8. The lowest BCUT2D eigenvalue weighted by Crippen LogP contribution is -2.02. The summed E-state index contributed by atoms with van der Waals surface area (Å²) in [5, 5.41) is 4.26. The van der Waals surface area contributed by atoms with Gasteiger partial charge in [0.05, 0.1) is 0 Å². The second-order valence-electron chi connectivity index (χ2n) is 4.46. The van der Waals surface area contributed by atoms with Crippen molar-refractivity contribution < 1.29 is 4.79 Å². The van der Waals surface area contributed by atoms with Crippen molar-refractivity contribution in [2.75, 3.05) is 5.32 Å². The van der Waals surface area contributed by atoms with Crippen LogP contribution in [0.3, 0.4) is 0 Å². The molecular weight excluding hydrogens is 269 g/mol. The summed E-state index contributed by atoms with van der Waals surface area (Å²) < 4.78 is 0. The van der Waals surface area contributed by atoms with Crippen LogP contribution in [0.25, 0.3) is 0 Å². The molecule has 0 atom stereocenters. The largest absolute Gasteiger partial charge is 0.361 e. The SMILES string of the molecule is O=C1CCCCCC1=CNc1cc(Cl)cc(Cl)c1. The van der Waals surface area contributed by atoms with Crippen LogP contribution in [0.5, 0.6) is 0 Å². The molecule has 4 heteroatoms. The molecule has 0 unspecified atom stereocenters. The number of halogens is 2. The molecule has 1 aromatic carbocycles. The van der Waals surface area contributed by atoms with Gasteiger partial charge >= 0.3 is 0 Å². The van der Waals surface area contributed by atoms with Crippen molar-refractivity contribution >= 4 is 34.7 Å². The standard InChI is InChI=1S/C14H15Cl2NO/c15-11-6-12(16)8-13(7-11)17-9-10-4-2-1-3-5-14(10)18/h6-9,17H,1-5H2. The van der Waals surface area contributed by atoms with Crippen molar-refractivity contribution in [1.82, 2.24) is 0 Å². The Labute approximate surface area is 117 Å². The number of carbonyl (C=O) groups excluding carboxylic acids is 1. The zero-order valence-electron chi connectivity index (χ0n) is 10.0. The molecule has 1 fully saturated rings. The minimum atomic E-state index is 0.244. The van der Waals surface area contributed by atoms with Crippen LogP contribution >= 0.6 is 23.2 Å². The van der Waals surface area contributed by atoms with Gasteiger partial charge in [-0.1, -0.05) is 29.6 Å². The molecule has 0 aromatic heterocycles. The zero-order valence-corrected chi connectivity index (χ0v) is 11.5. The van der Waals surface area contributed by atoms with E-state index in [9.17, 15) is 4.79 Å². The highest BCUT2D eigenvalue weighted by Gasteiger charge is 2.12. The topological polar surface area (TPSA) is 29.1 Å². The van der Waals surface area contributed by atoms with E-state index in [1.165, 1.54) is 0 Å². The molecule has 18 heavy (non-hydrogen) atoms. The molecule has 1 aliphatic rings. The highest BCUT2D eigenvalue weighted by Crippen LogP contribution is 2.24. The molecule has 0 aliphatic heterocycles. The van der Waals surface area contributed by atoms with Gasteiger partial charge < -0.3 is 5.32 Å². The molecule has 2 nitrogen and oxygen atoms in total. The molecule has 0 amide bonds. The molecule has 0 bridgehead atoms. The van der Waals surface area contributed by atoms with Crippen LogP contribution < -0.4 is 5.32 Å². The predicted octanol–water partition coefficient (Wildman–Crippen LogP) is 4.82. The Morgan fingerprint density at radius 1 is 1.00 bits per heavy atom. The quantitative estimate of drug-likeness (QED) is 0.623. The third-order valence-corrected chi connectivity index (χ3v) is 3.42. The number of hydrogen-bond acceptors (Lipinski definition) is 2. The minimum Gasteiger partial charge on any atom is -0.361 e. The highest BCUT2D eigenvalue weighted by molar-refractivity contribution is 6.35. The molecule has 1 aromatic rings. The number of benzene rings is 1. The summed E-state index contributed by atoms with van der Waals surface area (Å²) in [6, 6.07) is 5.25. The monoisotopic (exact) mass is 283 g/mol. The van der Waals surface area contributed by atoms with Gasteiger partial charge in [-0.05, 0) is 37.5 Å². The molecule has 0 spiro atoms. The van der Waals surface area contributed by atoms with Crippen LogP contribution in [0.2, 0.25) is 10.0 Å². The lowest BCUT2D eigenvalue weighted by Gasteiger charge is -2.06. The second kappa shape index (κ2) is 6.26. The molecular formula is C14H15Cl2NO. The van der Waals surface area contributed by atoms with E-state index in [1.807, 2.05) is 0 Å². The third kappa shape index (κ3) is 3.76. The van der Waals surface area contributed by atoms with Gasteiger partial charge in [-0.3, -0.25) is 4.79 Å². The van der Waals surface area contributed by atoms with Crippen LogP contribution in [-0.2, 0) is 4.79 Å². The Balaban J connectivity index is 2.10. The van der Waals surface area contributed by atoms with E-state index in [1.54, 1.807) is 24.4 Å². The Kier molecular flexibility index (Phi) is 4.67. The Morgan fingerprint density at radius 2 is 1.67 bits per heavy atom. The number of Topliss-reactive ketones (excluding diaryl/α,β-unsaturated/α-hetero) is 1. The Morgan fingerprint density at radius 3 is 2.39 bits per heavy atom. The summed E-state index contributed by atoms with van der Waals surface area (Å²) >= 11 is 11.8. The summed E-state index contributed by atoms with van der Waals surface area (Å²) in [5.74, 6) is 0.244. The minimum absolute atomic E-state index is 0.244. The summed E-state index contributed by atoms with van der Waals surface area (Å²) in [6.45, 7) is 0. The zero-order chi connectivity index (χ0) is 13.0. The Hall–Kier alpha value is -0.990. The first kappa shape index (κ1) is 13.4. The van der Waals surface area contributed by atoms with E-state index >= 15 is 0 Å². The van der Waals surface area contributed by atoms with Crippen molar-refractivity contribution in [1.29, 1.82) is 0 Å². The van der Waals surface area contributed by atoms with Gasteiger partial charge in [0, 0.05) is 33.9 Å². The van der Waals surface area contributed by atoms with Gasteiger partial charge in [0.25, 0.3) is 0 Å². The molecule has 96 valence electrons. The molecule has 0 saturated heterocycles. The third-order valence-electron chi connectivity index (χ3n) is 2.98. The number of anilines is 1. The van der Waals surface area contributed by atoms with Gasteiger partial charge in [-0.2, -0.15) is 0 Å². The fraction of sp³-hybridized carbons (Fsp3) is 0.357. The van der Waals surface area contributed by atoms with Crippen LogP contribution in [0, 0.1) is 0 Å². The fourth-order valence-electron chi connectivity index (χ4n) is 2.04. The molecule has 0 heterocycles. The van der Waals surface area contributed by atoms with E-state index in [-0.39, 0.29) is 5.78 Å². The number of hydrogen-bond donors (Lipinski definition) is 1. The number of allylic oxidation sites excluding steroid dienone is 1. The summed E-state index contributed by atoms with van der Waals surface area (Å²) in [5.41, 5.74) is 1.67. The van der Waals surface area contributed by atoms with E-state index in [0.29, 0.717) is 16.5 Å². The van der Waals surface area contributed by atoms with E-state index in [4.69, 9.17) is 23.2 Å². The number of carbonyl (C=O) groups is 1. The molecule has 1 aliphatic carbocycles. The maximum absolute atomic E-state index is 11.8. The molecule has 2 rings (SSSR count). The summed E-state index contributed by atoms with van der Waals surface area (Å²) in [6.07, 6.45) is 6.50. The van der Waals surface area contributed by atoms with Crippen LogP contribution in [-0.4, -0.2) is 5.78 Å². The van der Waals surface area contributed by atoms with Crippen molar-refractivity contribution in [2.24, 2.45) is 0 Å². The smallest absolute Gasteiger partial charge is 0.160 e. The predicted molar refractivity (Wildman–Crippen MR) is 76.3 cm³/mol. The maximum Gasteiger partial charge on any atom is 0.160 e.